The SMILES string of the molecule is Nc1ccc(C#Cc2cnc3ccc(OCCN4CCOCC4)nn23)cc1. The molecule has 0 bridgehead atoms. The minimum Gasteiger partial charge on any atom is -0.475 e. The molecule has 1 fully saturated rings. The molecule has 0 amide bonds. The van der Waals surface area contributed by atoms with Gasteiger partial charge in [0.1, 0.15) is 12.3 Å². The highest BCUT2D eigenvalue weighted by Crippen LogP contribution is 2.11. The van der Waals surface area contributed by atoms with E-state index in [9.17, 15) is 0 Å². The van der Waals surface area contributed by atoms with Crippen LogP contribution in [0.5, 0.6) is 5.88 Å². The molecule has 27 heavy (non-hydrogen) atoms. The van der Waals surface area contributed by atoms with Crippen molar-refractivity contribution in [2.45, 2.75) is 0 Å². The Balaban J connectivity index is 1.45. The number of aromatic nitrogens is 3. The van der Waals surface area contributed by atoms with Crippen molar-refractivity contribution in [1.29, 1.82) is 0 Å². The average Bonchev–Trinajstić information content (AvgIpc) is 3.11. The lowest BCUT2D eigenvalue weighted by atomic mass is 10.2. The van der Waals surface area contributed by atoms with E-state index in [-0.39, 0.29) is 0 Å². The maximum absolute atomic E-state index is 5.81. The van der Waals surface area contributed by atoms with Crippen LogP contribution >= 0.6 is 0 Å². The molecule has 0 unspecified atom stereocenters. The number of hydrogen-bond acceptors (Lipinski definition) is 6. The summed E-state index contributed by atoms with van der Waals surface area (Å²) in [5, 5.41) is 4.51. The monoisotopic (exact) mass is 363 g/mol. The van der Waals surface area contributed by atoms with E-state index >= 15 is 0 Å². The Morgan fingerprint density at radius 3 is 2.70 bits per heavy atom. The summed E-state index contributed by atoms with van der Waals surface area (Å²) in [5.41, 5.74) is 8.75. The molecule has 3 heterocycles. The molecule has 0 saturated carbocycles. The number of ether oxygens (including phenoxy) is 2. The summed E-state index contributed by atoms with van der Waals surface area (Å²) in [6, 6.07) is 11.1. The highest BCUT2D eigenvalue weighted by atomic mass is 16.5. The van der Waals surface area contributed by atoms with Crippen molar-refractivity contribution in [3.8, 4) is 17.7 Å². The summed E-state index contributed by atoms with van der Waals surface area (Å²) in [5.74, 6) is 6.77. The van der Waals surface area contributed by atoms with E-state index in [0.717, 1.165) is 49.7 Å². The van der Waals surface area contributed by atoms with Gasteiger partial charge in [-0.15, -0.1) is 5.10 Å². The topological polar surface area (TPSA) is 77.9 Å². The van der Waals surface area contributed by atoms with Crippen molar-refractivity contribution in [1.82, 2.24) is 19.5 Å². The van der Waals surface area contributed by atoms with Crippen molar-refractivity contribution >= 4 is 11.3 Å². The van der Waals surface area contributed by atoms with Crippen LogP contribution in [-0.4, -0.2) is 59.0 Å². The molecule has 7 heteroatoms. The third kappa shape index (κ3) is 4.37. The normalized spacial score (nSPS) is 14.7. The third-order valence-corrected chi connectivity index (χ3v) is 4.34. The number of nitrogens with zero attached hydrogens (tertiary/aromatic N) is 4. The van der Waals surface area contributed by atoms with Crippen molar-refractivity contribution in [3.05, 3.63) is 53.9 Å². The molecular weight excluding hydrogens is 342 g/mol. The van der Waals surface area contributed by atoms with E-state index in [1.165, 1.54) is 0 Å². The summed E-state index contributed by atoms with van der Waals surface area (Å²) in [6.45, 7) is 4.91. The summed E-state index contributed by atoms with van der Waals surface area (Å²) < 4.78 is 12.9. The zero-order valence-electron chi connectivity index (χ0n) is 15.0. The fourth-order valence-electron chi connectivity index (χ4n) is 2.83. The Morgan fingerprint density at radius 2 is 1.89 bits per heavy atom. The number of nitrogens with two attached hydrogens (primary N) is 1. The lowest BCUT2D eigenvalue weighted by Crippen LogP contribution is -2.38. The first kappa shape index (κ1) is 17.3. The van der Waals surface area contributed by atoms with Gasteiger partial charge < -0.3 is 15.2 Å². The van der Waals surface area contributed by atoms with Gasteiger partial charge in [-0.25, -0.2) is 9.50 Å². The molecule has 0 radical (unpaired) electrons. The van der Waals surface area contributed by atoms with Crippen LogP contribution in [0.1, 0.15) is 11.3 Å². The van der Waals surface area contributed by atoms with Gasteiger partial charge in [0.25, 0.3) is 0 Å². The number of rotatable bonds is 4. The van der Waals surface area contributed by atoms with E-state index in [1.807, 2.05) is 36.4 Å². The van der Waals surface area contributed by atoms with E-state index in [4.69, 9.17) is 15.2 Å². The summed E-state index contributed by atoms with van der Waals surface area (Å²) in [7, 11) is 0. The van der Waals surface area contributed by atoms with Gasteiger partial charge >= 0.3 is 0 Å². The molecule has 0 atom stereocenters. The van der Waals surface area contributed by atoms with E-state index in [2.05, 4.69) is 26.8 Å². The minimum absolute atomic E-state index is 0.560. The molecule has 0 aliphatic carbocycles. The second-order valence-corrected chi connectivity index (χ2v) is 6.26. The van der Waals surface area contributed by atoms with Gasteiger partial charge in [-0.2, -0.15) is 0 Å². The number of nitrogen functional groups attached to an aromatic ring is 1. The van der Waals surface area contributed by atoms with Crippen LogP contribution in [0.3, 0.4) is 0 Å². The number of imidazole rings is 1. The maximum atomic E-state index is 5.81. The third-order valence-electron chi connectivity index (χ3n) is 4.34. The Hall–Kier alpha value is -3.08. The highest BCUT2D eigenvalue weighted by molar-refractivity contribution is 5.49. The van der Waals surface area contributed by atoms with Crippen LogP contribution < -0.4 is 10.5 Å². The first-order valence-electron chi connectivity index (χ1n) is 8.93. The van der Waals surface area contributed by atoms with E-state index < -0.39 is 0 Å². The summed E-state index contributed by atoms with van der Waals surface area (Å²) >= 11 is 0. The second kappa shape index (κ2) is 8.08. The Morgan fingerprint density at radius 1 is 1.07 bits per heavy atom. The van der Waals surface area contributed by atoms with Crippen molar-refractivity contribution < 1.29 is 9.47 Å². The minimum atomic E-state index is 0.560. The molecule has 1 saturated heterocycles. The van der Waals surface area contributed by atoms with Crippen LogP contribution in [0.15, 0.2) is 42.6 Å². The first-order chi connectivity index (χ1) is 13.3. The molecule has 2 aromatic heterocycles. The Bertz CT molecular complexity index is 965. The fraction of sp³-hybridized carbons (Fsp3) is 0.300. The fourth-order valence-corrected chi connectivity index (χ4v) is 2.83. The van der Waals surface area contributed by atoms with Gasteiger partial charge in [-0.1, -0.05) is 5.92 Å². The zero-order valence-corrected chi connectivity index (χ0v) is 15.0. The summed E-state index contributed by atoms with van der Waals surface area (Å²) in [6.07, 6.45) is 1.71. The van der Waals surface area contributed by atoms with Crippen LogP contribution in [0.25, 0.3) is 5.65 Å². The van der Waals surface area contributed by atoms with Crippen molar-refractivity contribution in [2.24, 2.45) is 0 Å². The number of hydrogen-bond donors (Lipinski definition) is 1. The van der Waals surface area contributed by atoms with Crippen molar-refractivity contribution in [3.63, 3.8) is 0 Å². The predicted octanol–water partition coefficient (Wildman–Crippen LogP) is 1.42. The van der Waals surface area contributed by atoms with Gasteiger partial charge in [0.05, 0.1) is 19.4 Å². The smallest absolute Gasteiger partial charge is 0.231 e. The van der Waals surface area contributed by atoms with Crippen molar-refractivity contribution in [2.75, 3.05) is 45.2 Å². The molecule has 2 N–H and O–H groups in total. The van der Waals surface area contributed by atoms with Crippen LogP contribution in [0, 0.1) is 11.8 Å². The predicted molar refractivity (Wildman–Crippen MR) is 103 cm³/mol. The molecule has 3 aromatic rings. The van der Waals surface area contributed by atoms with Crippen LogP contribution in [0.4, 0.5) is 5.69 Å². The molecule has 1 aromatic carbocycles. The van der Waals surface area contributed by atoms with E-state index in [1.54, 1.807) is 10.7 Å². The molecule has 138 valence electrons. The molecule has 1 aliphatic rings. The van der Waals surface area contributed by atoms with Gasteiger partial charge in [0.2, 0.25) is 5.88 Å². The van der Waals surface area contributed by atoms with Gasteiger partial charge in [0, 0.05) is 37.0 Å². The first-order valence-corrected chi connectivity index (χ1v) is 8.93. The Kier molecular flexibility index (Phi) is 5.19. The number of anilines is 1. The average molecular weight is 363 g/mol. The number of morpholine rings is 1. The second-order valence-electron chi connectivity index (χ2n) is 6.26. The maximum Gasteiger partial charge on any atom is 0.231 e. The lowest BCUT2D eigenvalue weighted by Gasteiger charge is -2.26. The van der Waals surface area contributed by atoms with Crippen LogP contribution in [-0.2, 0) is 4.74 Å². The van der Waals surface area contributed by atoms with Gasteiger partial charge in [-0.3, -0.25) is 4.90 Å². The zero-order chi connectivity index (χ0) is 18.5. The lowest BCUT2D eigenvalue weighted by molar-refractivity contribution is 0.0319. The molecule has 4 rings (SSSR count). The Labute approximate surface area is 157 Å². The number of benzene rings is 1. The molecular formula is C20H21N5O2. The quantitative estimate of drug-likeness (QED) is 0.558. The summed E-state index contributed by atoms with van der Waals surface area (Å²) in [4.78, 5) is 6.66. The highest BCUT2D eigenvalue weighted by Gasteiger charge is 2.10. The van der Waals surface area contributed by atoms with Gasteiger partial charge in [0.15, 0.2) is 5.65 Å². The number of fused-ring (bicyclic) bond motifs is 1. The standard InChI is InChI=1S/C20H21N5O2/c21-17-4-1-16(2-5-17)3-6-18-15-22-19-7-8-20(23-25(18)19)27-14-11-24-9-12-26-13-10-24/h1-2,4-5,7-8,15H,9-14,21H2. The van der Waals surface area contributed by atoms with Gasteiger partial charge in [-0.05, 0) is 36.3 Å². The molecule has 7 nitrogen and oxygen atoms in total. The largest absolute Gasteiger partial charge is 0.475 e. The van der Waals surface area contributed by atoms with E-state index in [0.29, 0.717) is 18.2 Å². The molecule has 1 aliphatic heterocycles. The van der Waals surface area contributed by atoms with Crippen LogP contribution in [0.2, 0.25) is 0 Å². The molecule has 0 spiro atoms.